The van der Waals surface area contributed by atoms with Gasteiger partial charge >= 0.3 is 12.2 Å². The fourth-order valence-corrected chi connectivity index (χ4v) is 8.37. The first kappa shape index (κ1) is 36.6. The topological polar surface area (TPSA) is 184 Å². The third kappa shape index (κ3) is 7.11. The van der Waals surface area contributed by atoms with Crippen LogP contribution in [0.25, 0.3) is 44.5 Å². The maximum Gasteiger partial charge on any atom is 0.407 e. The largest absolute Gasteiger partial charge is 0.488 e. The van der Waals surface area contributed by atoms with Crippen molar-refractivity contribution in [1.82, 2.24) is 40.4 Å². The Kier molecular flexibility index (Phi) is 10.1. The van der Waals surface area contributed by atoms with Crippen molar-refractivity contribution in [3.8, 4) is 39.3 Å². The molecule has 1 aliphatic carbocycles. The van der Waals surface area contributed by atoms with Gasteiger partial charge in [-0.1, -0.05) is 37.3 Å². The second-order valence-corrected chi connectivity index (χ2v) is 14.4. The molecule has 4 amide bonds. The normalized spacial score (nSPS) is 17.8. The molecule has 2 fully saturated rings. The molecule has 2 aromatic heterocycles. The lowest BCUT2D eigenvalue weighted by molar-refractivity contribution is -0.135. The number of hydrogen-bond acceptors (Lipinski definition) is 9. The number of methoxy groups -OCH3 is 2. The molecule has 15 heteroatoms. The van der Waals surface area contributed by atoms with E-state index in [0.29, 0.717) is 24.9 Å². The molecular weight excluding hydrogens is 716 g/mol. The zero-order chi connectivity index (χ0) is 38.9. The molecule has 2 aliphatic heterocycles. The molecule has 8 rings (SSSR count). The molecule has 1 saturated carbocycles. The van der Waals surface area contributed by atoms with Gasteiger partial charge in [-0.3, -0.25) is 9.59 Å². The van der Waals surface area contributed by atoms with Crippen LogP contribution in [0.15, 0.2) is 60.8 Å². The van der Waals surface area contributed by atoms with E-state index in [1.54, 1.807) is 11.1 Å². The minimum absolute atomic E-state index is 0.114. The van der Waals surface area contributed by atoms with E-state index in [-0.39, 0.29) is 43.5 Å². The van der Waals surface area contributed by atoms with Crippen molar-refractivity contribution >= 4 is 35.0 Å². The molecule has 3 aromatic carbocycles. The van der Waals surface area contributed by atoms with Gasteiger partial charge in [0.1, 0.15) is 37.1 Å². The number of fused-ring (bicyclic) bond motifs is 6. The van der Waals surface area contributed by atoms with E-state index in [9.17, 15) is 19.2 Å². The van der Waals surface area contributed by atoms with Gasteiger partial charge in [-0.15, -0.1) is 0 Å². The number of nitrogens with one attached hydrogen (secondary N) is 4. The van der Waals surface area contributed by atoms with E-state index in [1.807, 2.05) is 17.9 Å². The summed E-state index contributed by atoms with van der Waals surface area (Å²) in [6.45, 7) is 2.94. The summed E-state index contributed by atoms with van der Waals surface area (Å²) in [6, 6.07) is 18.6. The Balaban J connectivity index is 0.972. The number of piperidine rings is 1. The van der Waals surface area contributed by atoms with E-state index in [2.05, 4.69) is 83.6 Å². The van der Waals surface area contributed by atoms with Crippen molar-refractivity contribution in [3.63, 3.8) is 0 Å². The summed E-state index contributed by atoms with van der Waals surface area (Å²) in [6.07, 6.45) is 4.17. The minimum Gasteiger partial charge on any atom is -0.488 e. The Morgan fingerprint density at radius 2 is 1.66 bits per heavy atom. The van der Waals surface area contributed by atoms with E-state index in [1.165, 1.54) is 14.2 Å². The zero-order valence-corrected chi connectivity index (χ0v) is 31.5. The van der Waals surface area contributed by atoms with E-state index in [0.717, 1.165) is 87.4 Å². The Labute approximate surface area is 323 Å². The van der Waals surface area contributed by atoms with Crippen molar-refractivity contribution in [2.24, 2.45) is 5.92 Å². The van der Waals surface area contributed by atoms with E-state index >= 15 is 0 Å². The number of carbonyl (C=O) groups excluding carboxylic acids is 4. The van der Waals surface area contributed by atoms with Crippen molar-refractivity contribution in [1.29, 1.82) is 0 Å². The molecule has 290 valence electrons. The second kappa shape index (κ2) is 15.4. The van der Waals surface area contributed by atoms with E-state index < -0.39 is 12.2 Å². The summed E-state index contributed by atoms with van der Waals surface area (Å²) < 4.78 is 15.6. The summed E-state index contributed by atoms with van der Waals surface area (Å²) >= 11 is 0. The number of amides is 4. The third-order valence-corrected chi connectivity index (χ3v) is 11.0. The average molecular weight is 761 g/mol. The molecule has 3 atom stereocenters. The number of alkyl carbamates (subject to hydrolysis) is 2. The van der Waals surface area contributed by atoms with Gasteiger partial charge in [-0.2, -0.15) is 0 Å². The first-order valence-electron chi connectivity index (χ1n) is 18.9. The highest BCUT2D eigenvalue weighted by Crippen LogP contribution is 2.50. The summed E-state index contributed by atoms with van der Waals surface area (Å²) in [7, 11) is 2.54. The number of benzene rings is 3. The van der Waals surface area contributed by atoms with Crippen LogP contribution in [0.4, 0.5) is 9.59 Å². The van der Waals surface area contributed by atoms with Crippen LogP contribution in [0.2, 0.25) is 0 Å². The van der Waals surface area contributed by atoms with Crippen LogP contribution in [0.1, 0.15) is 55.9 Å². The van der Waals surface area contributed by atoms with Crippen LogP contribution in [-0.4, -0.2) is 93.6 Å². The van der Waals surface area contributed by atoms with Gasteiger partial charge in [0.15, 0.2) is 0 Å². The number of hydrogen-bond donors (Lipinski definition) is 4. The summed E-state index contributed by atoms with van der Waals surface area (Å²) in [4.78, 5) is 69.0. The molecule has 0 unspecified atom stereocenters. The maximum absolute atomic E-state index is 13.3. The molecule has 56 heavy (non-hydrogen) atoms. The SMILES string of the molecule is CCCN(Cc1ncc(-c2ccc3c(c2)COc2cc(-c4ccc5nc([C@@H]6[C@H]7CC[C@H](C7)N6C(=O)CNC(=O)OC)[nH]c5c4)ccc2-3)[nH]1)C(=O)CNC(=O)OC. The van der Waals surface area contributed by atoms with Crippen LogP contribution in [-0.2, 0) is 32.2 Å². The van der Waals surface area contributed by atoms with Crippen LogP contribution in [0.5, 0.6) is 5.75 Å². The molecule has 15 nitrogen and oxygen atoms in total. The number of carbonyl (C=O) groups is 4. The number of rotatable bonds is 11. The fourth-order valence-electron chi connectivity index (χ4n) is 8.37. The van der Waals surface area contributed by atoms with Crippen LogP contribution < -0.4 is 15.4 Å². The van der Waals surface area contributed by atoms with Gasteiger partial charge < -0.3 is 44.6 Å². The number of imidazole rings is 2. The van der Waals surface area contributed by atoms with Crippen molar-refractivity contribution in [3.05, 3.63) is 78.0 Å². The summed E-state index contributed by atoms with van der Waals surface area (Å²) in [5, 5.41) is 4.98. The molecule has 5 aromatic rings. The molecule has 4 heterocycles. The highest BCUT2D eigenvalue weighted by molar-refractivity contribution is 5.86. The van der Waals surface area contributed by atoms with Crippen molar-refractivity contribution in [2.75, 3.05) is 33.9 Å². The summed E-state index contributed by atoms with van der Waals surface area (Å²) in [5.41, 5.74) is 8.67. The van der Waals surface area contributed by atoms with Gasteiger partial charge in [0.25, 0.3) is 0 Å². The number of likely N-dealkylation sites (tertiary alicyclic amines) is 1. The van der Waals surface area contributed by atoms with Crippen LogP contribution in [0, 0.1) is 5.92 Å². The lowest BCUT2D eigenvalue weighted by atomic mass is 9.92. The van der Waals surface area contributed by atoms with Gasteiger partial charge in [-0.05, 0) is 83.7 Å². The monoisotopic (exact) mass is 760 g/mol. The van der Waals surface area contributed by atoms with Crippen molar-refractivity contribution in [2.45, 2.75) is 57.8 Å². The van der Waals surface area contributed by atoms with Gasteiger partial charge in [0.2, 0.25) is 11.8 Å². The Morgan fingerprint density at radius 1 is 0.911 bits per heavy atom. The average Bonchev–Trinajstić information content (AvgIpc) is 4.05. The van der Waals surface area contributed by atoms with Crippen LogP contribution >= 0.6 is 0 Å². The Hall–Kier alpha value is -6.38. The van der Waals surface area contributed by atoms with Crippen LogP contribution in [0.3, 0.4) is 0 Å². The first-order chi connectivity index (χ1) is 27.2. The number of aromatic amines is 2. The fraction of sp³-hybridized carbons (Fsp3) is 0.366. The predicted octanol–water partition coefficient (Wildman–Crippen LogP) is 5.68. The number of H-pyrrole nitrogens is 2. The smallest absolute Gasteiger partial charge is 0.407 e. The van der Waals surface area contributed by atoms with E-state index in [4.69, 9.17) is 9.72 Å². The quantitative estimate of drug-likeness (QED) is 0.132. The molecule has 0 spiro atoms. The highest BCUT2D eigenvalue weighted by Gasteiger charge is 2.49. The lowest BCUT2D eigenvalue weighted by Gasteiger charge is -2.34. The lowest BCUT2D eigenvalue weighted by Crippen LogP contribution is -2.45. The molecular formula is C41H44N8O7. The summed E-state index contributed by atoms with van der Waals surface area (Å²) in [5.74, 6) is 2.17. The van der Waals surface area contributed by atoms with Gasteiger partial charge in [-0.25, -0.2) is 19.6 Å². The number of ether oxygens (including phenoxy) is 3. The molecule has 0 radical (unpaired) electrons. The number of aromatic nitrogens is 4. The van der Waals surface area contributed by atoms with Crippen molar-refractivity contribution < 1.29 is 33.4 Å². The molecule has 1 saturated heterocycles. The molecule has 3 aliphatic rings. The number of nitrogens with zero attached hydrogens (tertiary/aromatic N) is 4. The standard InChI is InChI=1S/C41H44N8O7/c1-4-13-48(36(50)19-43-40(52)54-2)21-35-42-18-33(45-35)25-7-10-29-27(14-25)22-56-34-17-24(6-11-30(29)34)23-8-12-31-32(16-23)47-39(46-31)38-26-5-9-28(15-26)49(38)37(51)20-44-41(53)55-3/h6-8,10-12,14,16-18,26,28,38H,4-5,9,13,15,19-22H2,1-3H3,(H,42,45)(H,43,52)(H,44,53)(H,46,47)/t26-,28+,38-/m0/s1. The minimum atomic E-state index is -0.652. The van der Waals surface area contributed by atoms with Gasteiger partial charge in [0, 0.05) is 18.2 Å². The third-order valence-electron chi connectivity index (χ3n) is 11.0. The second-order valence-electron chi connectivity index (χ2n) is 14.4. The molecule has 4 N–H and O–H groups in total. The Morgan fingerprint density at radius 3 is 2.46 bits per heavy atom. The zero-order valence-electron chi connectivity index (χ0n) is 31.5. The highest BCUT2D eigenvalue weighted by atomic mass is 16.5. The maximum atomic E-state index is 13.3. The predicted molar refractivity (Wildman–Crippen MR) is 206 cm³/mol. The first-order valence-corrected chi connectivity index (χ1v) is 18.9. The van der Waals surface area contributed by atoms with Gasteiger partial charge in [0.05, 0.1) is 49.7 Å². The Bertz CT molecular complexity index is 2320. The molecule has 2 bridgehead atoms.